The second kappa shape index (κ2) is 12.2. The maximum Gasteiger partial charge on any atom is 0.244 e. The minimum atomic E-state index is -3.77. The van der Waals surface area contributed by atoms with E-state index in [1.807, 2.05) is 32.9 Å². The zero-order chi connectivity index (χ0) is 25.5. The van der Waals surface area contributed by atoms with Crippen molar-refractivity contribution in [2.45, 2.75) is 59.2 Å². The predicted octanol–water partition coefficient (Wildman–Crippen LogP) is 4.00. The molecule has 0 bridgehead atoms. The first-order chi connectivity index (χ1) is 16.0. The number of hydrogen-bond donors (Lipinski definition) is 1. The Labute approximate surface area is 208 Å². The average molecular weight is 508 g/mol. The molecule has 1 N–H and O–H groups in total. The Kier molecular flexibility index (Phi) is 9.94. The summed E-state index contributed by atoms with van der Waals surface area (Å²) in [5.74, 6) is -0.808. The number of amides is 2. The van der Waals surface area contributed by atoms with Crippen LogP contribution in [-0.4, -0.2) is 50.0 Å². The van der Waals surface area contributed by atoms with Crippen molar-refractivity contribution in [2.75, 3.05) is 17.1 Å². The van der Waals surface area contributed by atoms with Crippen molar-refractivity contribution in [3.63, 3.8) is 0 Å². The minimum absolute atomic E-state index is 0.0591. The average Bonchev–Trinajstić information content (AvgIpc) is 2.80. The Bertz CT molecular complexity index is 1110. The van der Waals surface area contributed by atoms with Gasteiger partial charge in [0.15, 0.2) is 0 Å². The molecular weight excluding hydrogens is 474 g/mol. The first kappa shape index (κ1) is 27.7. The lowest BCUT2D eigenvalue weighted by molar-refractivity contribution is -0.139. The number of nitrogens with one attached hydrogen (secondary N) is 1. The Hall–Kier alpha value is -2.58. The number of anilines is 1. The molecule has 7 nitrogen and oxygen atoms in total. The van der Waals surface area contributed by atoms with Crippen LogP contribution in [0.4, 0.5) is 5.69 Å². The fourth-order valence-corrected chi connectivity index (χ4v) is 4.58. The van der Waals surface area contributed by atoms with E-state index < -0.39 is 28.5 Å². The molecule has 2 unspecified atom stereocenters. The Morgan fingerprint density at radius 3 is 2.15 bits per heavy atom. The number of carbonyl (C=O) groups excluding carboxylic acids is 2. The van der Waals surface area contributed by atoms with Crippen molar-refractivity contribution >= 4 is 39.1 Å². The summed E-state index contributed by atoms with van der Waals surface area (Å²) in [5, 5.41) is 3.36. The van der Waals surface area contributed by atoms with Gasteiger partial charge in [0.25, 0.3) is 0 Å². The fourth-order valence-electron chi connectivity index (χ4n) is 3.51. The predicted molar refractivity (Wildman–Crippen MR) is 137 cm³/mol. The smallest absolute Gasteiger partial charge is 0.244 e. The lowest BCUT2D eigenvalue weighted by Gasteiger charge is -2.32. The molecule has 2 aromatic carbocycles. The van der Waals surface area contributed by atoms with Gasteiger partial charge in [-0.05, 0) is 49.9 Å². The molecule has 186 valence electrons. The number of carbonyl (C=O) groups is 2. The van der Waals surface area contributed by atoms with Gasteiger partial charge in [-0.1, -0.05) is 61.8 Å². The standard InChI is InChI=1S/C25H34ClN3O4S/c1-6-18(3)27-25(31)19(4)28(16-21-13-8-10-14-22(21)26)24(30)17-29(34(5,32)33)23-15-11-9-12-20(23)7-2/h8-15,18-19H,6-7,16-17H2,1-5H3,(H,27,31). The summed E-state index contributed by atoms with van der Waals surface area (Å²) in [4.78, 5) is 27.9. The second-order valence-electron chi connectivity index (χ2n) is 8.36. The lowest BCUT2D eigenvalue weighted by atomic mass is 10.1. The molecule has 0 aliphatic carbocycles. The third-order valence-corrected chi connectivity index (χ3v) is 7.28. The van der Waals surface area contributed by atoms with E-state index >= 15 is 0 Å². The van der Waals surface area contributed by atoms with Crippen LogP contribution < -0.4 is 9.62 Å². The SMILES string of the molecule is CCc1ccccc1N(CC(=O)N(Cc1ccccc1Cl)C(C)C(=O)NC(C)CC)S(C)(=O)=O. The van der Waals surface area contributed by atoms with Crippen LogP contribution in [0.15, 0.2) is 48.5 Å². The van der Waals surface area contributed by atoms with Gasteiger partial charge in [-0.25, -0.2) is 8.42 Å². The molecule has 0 saturated heterocycles. The summed E-state index contributed by atoms with van der Waals surface area (Å²) in [5.41, 5.74) is 1.93. The molecule has 9 heteroatoms. The maximum atomic E-state index is 13.6. The Balaban J connectivity index is 2.44. The van der Waals surface area contributed by atoms with E-state index in [9.17, 15) is 18.0 Å². The van der Waals surface area contributed by atoms with Crippen LogP contribution in [0.1, 0.15) is 45.2 Å². The third-order valence-electron chi connectivity index (χ3n) is 5.79. The maximum absolute atomic E-state index is 13.6. The summed E-state index contributed by atoms with van der Waals surface area (Å²) < 4.78 is 26.5. The molecule has 0 aliphatic rings. The summed E-state index contributed by atoms with van der Waals surface area (Å²) >= 11 is 6.33. The van der Waals surface area contributed by atoms with Crippen LogP contribution >= 0.6 is 11.6 Å². The van der Waals surface area contributed by atoms with Gasteiger partial charge >= 0.3 is 0 Å². The van der Waals surface area contributed by atoms with E-state index in [-0.39, 0.29) is 18.5 Å². The largest absolute Gasteiger partial charge is 0.352 e. The molecule has 0 aromatic heterocycles. The molecule has 2 amide bonds. The van der Waals surface area contributed by atoms with Crippen LogP contribution in [0.5, 0.6) is 0 Å². The first-order valence-electron chi connectivity index (χ1n) is 11.4. The second-order valence-corrected chi connectivity index (χ2v) is 10.7. The van der Waals surface area contributed by atoms with Crippen LogP contribution in [0, 0.1) is 0 Å². The quantitative estimate of drug-likeness (QED) is 0.498. The zero-order valence-corrected chi connectivity index (χ0v) is 22.0. The van der Waals surface area contributed by atoms with Crippen molar-refractivity contribution in [2.24, 2.45) is 0 Å². The summed E-state index contributed by atoms with van der Waals surface area (Å²) in [6.45, 7) is 7.04. The van der Waals surface area contributed by atoms with Crippen molar-refractivity contribution in [3.05, 3.63) is 64.7 Å². The molecule has 0 radical (unpaired) electrons. The number of para-hydroxylation sites is 1. The van der Waals surface area contributed by atoms with E-state index in [2.05, 4.69) is 5.32 Å². The highest BCUT2D eigenvalue weighted by molar-refractivity contribution is 7.92. The minimum Gasteiger partial charge on any atom is -0.352 e. The highest BCUT2D eigenvalue weighted by Gasteiger charge is 2.31. The topological polar surface area (TPSA) is 86.8 Å². The van der Waals surface area contributed by atoms with E-state index in [0.29, 0.717) is 22.7 Å². The van der Waals surface area contributed by atoms with Crippen molar-refractivity contribution in [3.8, 4) is 0 Å². The molecule has 2 aromatic rings. The van der Waals surface area contributed by atoms with Crippen molar-refractivity contribution in [1.82, 2.24) is 10.2 Å². The van der Waals surface area contributed by atoms with Crippen molar-refractivity contribution < 1.29 is 18.0 Å². The summed E-state index contributed by atoms with van der Waals surface area (Å²) in [7, 11) is -3.77. The van der Waals surface area contributed by atoms with Gasteiger partial charge in [0.05, 0.1) is 11.9 Å². The molecule has 2 rings (SSSR count). The summed E-state index contributed by atoms with van der Waals surface area (Å²) in [6, 6.07) is 13.3. The number of benzene rings is 2. The Morgan fingerprint density at radius 2 is 1.59 bits per heavy atom. The number of sulfonamides is 1. The van der Waals surface area contributed by atoms with Crippen LogP contribution in [0.25, 0.3) is 0 Å². The summed E-state index contributed by atoms with van der Waals surface area (Å²) in [6.07, 6.45) is 2.42. The first-order valence-corrected chi connectivity index (χ1v) is 13.6. The number of halogens is 1. The van der Waals surface area contributed by atoms with Crippen LogP contribution in [-0.2, 0) is 32.6 Å². The van der Waals surface area contributed by atoms with Gasteiger partial charge in [-0.15, -0.1) is 0 Å². The number of nitrogens with zero attached hydrogens (tertiary/aromatic N) is 2. The zero-order valence-electron chi connectivity index (χ0n) is 20.4. The van der Waals surface area contributed by atoms with Crippen LogP contribution in [0.2, 0.25) is 5.02 Å². The fraction of sp³-hybridized carbons (Fsp3) is 0.440. The Morgan fingerprint density at radius 1 is 1.00 bits per heavy atom. The molecule has 0 fully saturated rings. The molecular formula is C25H34ClN3O4S. The van der Waals surface area contributed by atoms with E-state index in [1.54, 1.807) is 43.3 Å². The molecule has 0 heterocycles. The number of hydrogen-bond acceptors (Lipinski definition) is 4. The molecule has 0 aliphatic heterocycles. The monoisotopic (exact) mass is 507 g/mol. The van der Waals surface area contributed by atoms with Gasteiger partial charge in [0, 0.05) is 17.6 Å². The van der Waals surface area contributed by atoms with E-state index in [0.717, 1.165) is 22.5 Å². The molecule has 0 saturated carbocycles. The third kappa shape index (κ3) is 7.21. The van der Waals surface area contributed by atoms with Crippen molar-refractivity contribution in [1.29, 1.82) is 0 Å². The van der Waals surface area contributed by atoms with E-state index in [4.69, 9.17) is 11.6 Å². The number of aryl methyl sites for hydroxylation is 1. The number of rotatable bonds is 11. The van der Waals surface area contributed by atoms with E-state index in [1.165, 1.54) is 4.90 Å². The lowest BCUT2D eigenvalue weighted by Crippen LogP contribution is -2.52. The normalized spacial score (nSPS) is 13.1. The van der Waals surface area contributed by atoms with Gasteiger partial charge in [0.2, 0.25) is 21.8 Å². The van der Waals surface area contributed by atoms with Gasteiger partial charge in [0.1, 0.15) is 12.6 Å². The van der Waals surface area contributed by atoms with Gasteiger partial charge < -0.3 is 10.2 Å². The van der Waals surface area contributed by atoms with Gasteiger partial charge in [-0.3, -0.25) is 13.9 Å². The molecule has 0 spiro atoms. The highest BCUT2D eigenvalue weighted by Crippen LogP contribution is 2.25. The van der Waals surface area contributed by atoms with Gasteiger partial charge in [-0.2, -0.15) is 0 Å². The molecule has 34 heavy (non-hydrogen) atoms. The molecule has 2 atom stereocenters. The highest BCUT2D eigenvalue weighted by atomic mass is 35.5. The van der Waals surface area contributed by atoms with Crippen LogP contribution in [0.3, 0.4) is 0 Å².